The van der Waals surface area contributed by atoms with Gasteiger partial charge in [-0.3, -0.25) is 0 Å². The summed E-state index contributed by atoms with van der Waals surface area (Å²) in [5.74, 6) is 0. The van der Waals surface area contributed by atoms with E-state index in [0.29, 0.717) is 14.5 Å². The van der Waals surface area contributed by atoms with Crippen molar-refractivity contribution >= 4 is 14.5 Å². The Balaban J connectivity index is 2.30. The van der Waals surface area contributed by atoms with Crippen LogP contribution in [-0.2, 0) is 6.42 Å². The van der Waals surface area contributed by atoms with Gasteiger partial charge in [0.2, 0.25) is 0 Å². The fraction of sp³-hybridized carbons (Fsp3) is 0.500. The molecule has 0 nitrogen and oxygen atoms in total. The second kappa shape index (κ2) is 3.92. The van der Waals surface area contributed by atoms with Crippen LogP contribution in [0.15, 0.2) is 15.9 Å². The second-order valence-electron chi connectivity index (χ2n) is 2.24. The molecule has 1 aromatic rings. The molecule has 0 N–H and O–H groups in total. The summed E-state index contributed by atoms with van der Waals surface area (Å²) in [7, 11) is 0. The first kappa shape index (κ1) is 7.11. The van der Waals surface area contributed by atoms with Gasteiger partial charge in [-0.1, -0.05) is 0 Å². The molecule has 1 heterocycles. The van der Waals surface area contributed by atoms with Crippen molar-refractivity contribution in [3.8, 4) is 0 Å². The molecule has 0 aromatic carbocycles. The zero-order chi connectivity index (χ0) is 6.53. The Labute approximate surface area is 62.6 Å². The average Bonchev–Trinajstić information content (AvgIpc) is 2.34. The maximum absolute atomic E-state index is 2.38. The molecule has 0 saturated carbocycles. The summed E-state index contributed by atoms with van der Waals surface area (Å²) in [6, 6.07) is 2.27. The van der Waals surface area contributed by atoms with Gasteiger partial charge < -0.3 is 0 Å². The Morgan fingerprint density at radius 2 is 2.44 bits per heavy atom. The summed E-state index contributed by atoms with van der Waals surface area (Å²) in [4.78, 5) is 4.67. The van der Waals surface area contributed by atoms with Crippen LogP contribution in [0.25, 0.3) is 0 Å². The normalized spacial score (nSPS) is 9.89. The quantitative estimate of drug-likeness (QED) is 0.635. The molecule has 0 spiro atoms. The number of aryl methyl sites for hydroxylation is 1. The molecule has 0 aliphatic heterocycles. The van der Waals surface area contributed by atoms with Crippen molar-refractivity contribution in [1.82, 2.24) is 0 Å². The topological polar surface area (TPSA) is 0 Å². The summed E-state index contributed by atoms with van der Waals surface area (Å²) in [5, 5.41) is 0. The molecule has 0 fully saturated rings. The van der Waals surface area contributed by atoms with Crippen molar-refractivity contribution in [2.45, 2.75) is 26.2 Å². The summed E-state index contributed by atoms with van der Waals surface area (Å²) in [5.41, 5.74) is 1.57. The molecular formula is C8H12Se. The number of hydrogen-bond donors (Lipinski definition) is 0. The van der Waals surface area contributed by atoms with Crippen molar-refractivity contribution in [1.29, 1.82) is 0 Å². The van der Waals surface area contributed by atoms with E-state index in [1.54, 1.807) is 5.56 Å². The number of rotatable bonds is 3. The van der Waals surface area contributed by atoms with Crippen LogP contribution in [-0.4, -0.2) is 14.5 Å². The molecule has 0 radical (unpaired) electrons. The monoisotopic (exact) mass is 188 g/mol. The van der Waals surface area contributed by atoms with Crippen LogP contribution in [0.5, 0.6) is 0 Å². The molecule has 0 bridgehead atoms. The van der Waals surface area contributed by atoms with E-state index < -0.39 is 0 Å². The SMILES string of the molecule is CCCCc1cc[se]c1. The van der Waals surface area contributed by atoms with Gasteiger partial charge >= 0.3 is 62.2 Å². The zero-order valence-corrected chi connectivity index (χ0v) is 7.47. The van der Waals surface area contributed by atoms with E-state index in [4.69, 9.17) is 0 Å². The van der Waals surface area contributed by atoms with Gasteiger partial charge in [-0.2, -0.15) is 0 Å². The van der Waals surface area contributed by atoms with E-state index in [0.717, 1.165) is 0 Å². The fourth-order valence-electron chi connectivity index (χ4n) is 0.816. The van der Waals surface area contributed by atoms with Gasteiger partial charge in [0.1, 0.15) is 0 Å². The predicted octanol–water partition coefficient (Wildman–Crippen LogP) is 2.09. The number of hydrogen-bond acceptors (Lipinski definition) is 0. The van der Waals surface area contributed by atoms with Gasteiger partial charge in [0, 0.05) is 0 Å². The Kier molecular flexibility index (Phi) is 3.10. The molecule has 9 heavy (non-hydrogen) atoms. The molecule has 0 unspecified atom stereocenters. The standard InChI is InChI=1S/C8H12Se/c1-2-3-4-8-5-6-9-7-8/h5-7H,2-4H2,1H3. The molecule has 1 rings (SSSR count). The molecule has 0 aliphatic rings. The molecule has 1 aromatic heterocycles. The third-order valence-electron chi connectivity index (χ3n) is 1.40. The van der Waals surface area contributed by atoms with Crippen LogP contribution in [0.4, 0.5) is 0 Å². The Hall–Kier alpha value is -0.000519. The van der Waals surface area contributed by atoms with Crippen molar-refractivity contribution < 1.29 is 0 Å². The Bertz CT molecular complexity index is 142. The van der Waals surface area contributed by atoms with E-state index in [9.17, 15) is 0 Å². The Morgan fingerprint density at radius 1 is 1.56 bits per heavy atom. The van der Waals surface area contributed by atoms with E-state index in [-0.39, 0.29) is 0 Å². The third kappa shape index (κ3) is 2.38. The van der Waals surface area contributed by atoms with Gasteiger partial charge in [-0.05, 0) is 0 Å². The molecule has 0 aliphatic carbocycles. The van der Waals surface area contributed by atoms with Gasteiger partial charge in [0.25, 0.3) is 0 Å². The van der Waals surface area contributed by atoms with E-state index >= 15 is 0 Å². The molecule has 0 atom stereocenters. The van der Waals surface area contributed by atoms with Gasteiger partial charge in [-0.15, -0.1) is 0 Å². The van der Waals surface area contributed by atoms with Crippen LogP contribution >= 0.6 is 0 Å². The van der Waals surface area contributed by atoms with E-state index in [1.807, 2.05) is 0 Å². The minimum absolute atomic E-state index is 0.697. The van der Waals surface area contributed by atoms with E-state index in [1.165, 1.54) is 19.3 Å². The molecule has 0 amide bonds. The van der Waals surface area contributed by atoms with Crippen molar-refractivity contribution in [2.75, 3.05) is 0 Å². The van der Waals surface area contributed by atoms with Crippen LogP contribution in [0.3, 0.4) is 0 Å². The summed E-state index contributed by atoms with van der Waals surface area (Å²) >= 11 is 0.697. The Morgan fingerprint density at radius 3 is 3.00 bits per heavy atom. The first-order chi connectivity index (χ1) is 4.43. The third-order valence-corrected chi connectivity index (χ3v) is 2.94. The van der Waals surface area contributed by atoms with Crippen LogP contribution in [0.1, 0.15) is 25.3 Å². The van der Waals surface area contributed by atoms with E-state index in [2.05, 4.69) is 22.9 Å². The van der Waals surface area contributed by atoms with Gasteiger partial charge in [0.05, 0.1) is 0 Å². The van der Waals surface area contributed by atoms with Gasteiger partial charge in [0.15, 0.2) is 0 Å². The fourth-order valence-corrected chi connectivity index (χ4v) is 2.29. The van der Waals surface area contributed by atoms with Crippen LogP contribution in [0, 0.1) is 0 Å². The predicted molar refractivity (Wildman–Crippen MR) is 42.0 cm³/mol. The van der Waals surface area contributed by atoms with Crippen molar-refractivity contribution in [2.24, 2.45) is 0 Å². The molecule has 1 heteroatoms. The first-order valence-corrected chi connectivity index (χ1v) is 5.42. The van der Waals surface area contributed by atoms with Gasteiger partial charge in [-0.25, -0.2) is 0 Å². The van der Waals surface area contributed by atoms with Crippen molar-refractivity contribution in [3.05, 3.63) is 21.5 Å². The second-order valence-corrected chi connectivity index (χ2v) is 3.87. The summed E-state index contributed by atoms with van der Waals surface area (Å²) < 4.78 is 0. The maximum atomic E-state index is 2.38. The number of unbranched alkanes of at least 4 members (excludes halogenated alkanes) is 1. The zero-order valence-electron chi connectivity index (χ0n) is 5.76. The van der Waals surface area contributed by atoms with Crippen molar-refractivity contribution in [3.63, 3.8) is 0 Å². The molecule has 50 valence electrons. The molecule has 0 saturated heterocycles. The van der Waals surface area contributed by atoms with Crippen LogP contribution < -0.4 is 0 Å². The summed E-state index contributed by atoms with van der Waals surface area (Å²) in [6.07, 6.45) is 3.97. The summed E-state index contributed by atoms with van der Waals surface area (Å²) in [6.45, 7) is 2.24. The first-order valence-electron chi connectivity index (χ1n) is 3.44. The minimum atomic E-state index is 0.697. The average molecular weight is 187 g/mol. The van der Waals surface area contributed by atoms with Crippen LogP contribution in [0.2, 0.25) is 0 Å². The molecular weight excluding hydrogens is 175 g/mol.